The van der Waals surface area contributed by atoms with E-state index in [9.17, 15) is 4.79 Å². The molecule has 0 N–H and O–H groups in total. The third-order valence-corrected chi connectivity index (χ3v) is 3.02. The van der Waals surface area contributed by atoms with Crippen LogP contribution in [0, 0.1) is 0 Å². The van der Waals surface area contributed by atoms with Gasteiger partial charge in [0.25, 0.3) is 0 Å². The van der Waals surface area contributed by atoms with Gasteiger partial charge >= 0.3 is 0 Å². The van der Waals surface area contributed by atoms with E-state index >= 15 is 0 Å². The lowest BCUT2D eigenvalue weighted by Crippen LogP contribution is -2.00. The first-order chi connectivity index (χ1) is 8.88. The third-order valence-electron chi connectivity index (χ3n) is 3.02. The lowest BCUT2D eigenvalue weighted by molar-refractivity contribution is 0.112. The van der Waals surface area contributed by atoms with Gasteiger partial charge in [0.05, 0.1) is 18.3 Å². The van der Waals surface area contributed by atoms with Crippen LogP contribution in [0.15, 0.2) is 54.7 Å². The highest BCUT2D eigenvalue weighted by molar-refractivity contribution is 5.96. The van der Waals surface area contributed by atoms with Crippen LogP contribution >= 0.6 is 0 Å². The Morgan fingerprint density at radius 2 is 1.89 bits per heavy atom. The summed E-state index contributed by atoms with van der Waals surface area (Å²) >= 11 is 0. The van der Waals surface area contributed by atoms with Crippen molar-refractivity contribution < 1.29 is 4.79 Å². The average Bonchev–Trinajstić information content (AvgIpc) is 2.83. The molecule has 0 atom stereocenters. The summed E-state index contributed by atoms with van der Waals surface area (Å²) in [7, 11) is 0. The molecule has 0 saturated heterocycles. The van der Waals surface area contributed by atoms with E-state index in [1.165, 1.54) is 5.56 Å². The molecule has 18 heavy (non-hydrogen) atoms. The largest absolute Gasteiger partial charge is 0.298 e. The topological polar surface area (TPSA) is 34.9 Å². The second-order valence-electron chi connectivity index (χ2n) is 4.19. The normalized spacial score (nSPS) is 10.7. The summed E-state index contributed by atoms with van der Waals surface area (Å²) in [4.78, 5) is 11.0. The quantitative estimate of drug-likeness (QED) is 0.655. The van der Waals surface area contributed by atoms with Gasteiger partial charge in [-0.3, -0.25) is 9.48 Å². The molecule has 0 aliphatic rings. The number of rotatable bonds is 3. The highest BCUT2D eigenvalue weighted by atomic mass is 16.1. The van der Waals surface area contributed by atoms with Crippen molar-refractivity contribution in [1.82, 2.24) is 9.78 Å². The second kappa shape index (κ2) is 4.45. The summed E-state index contributed by atoms with van der Waals surface area (Å²) in [5.41, 5.74) is 2.87. The van der Waals surface area contributed by atoms with Crippen LogP contribution in [0.4, 0.5) is 0 Å². The molecule has 0 fully saturated rings. The molecule has 0 spiro atoms. The zero-order valence-electron chi connectivity index (χ0n) is 9.78. The Balaban J connectivity index is 2.06. The molecule has 0 amide bonds. The van der Waals surface area contributed by atoms with Crippen LogP contribution in [0.2, 0.25) is 0 Å². The molecule has 3 heteroatoms. The van der Waals surface area contributed by atoms with Crippen molar-refractivity contribution in [2.45, 2.75) is 6.54 Å². The zero-order chi connectivity index (χ0) is 12.4. The van der Waals surface area contributed by atoms with Gasteiger partial charge in [0.15, 0.2) is 6.29 Å². The highest BCUT2D eigenvalue weighted by Gasteiger charge is 2.06. The van der Waals surface area contributed by atoms with Crippen LogP contribution in [0.3, 0.4) is 0 Å². The number of carbonyl (C=O) groups excluding carboxylic acids is 1. The zero-order valence-corrected chi connectivity index (χ0v) is 9.78. The predicted octanol–water partition coefficient (Wildman–Crippen LogP) is 2.90. The van der Waals surface area contributed by atoms with E-state index in [0.717, 1.165) is 17.2 Å². The molecule has 0 aliphatic carbocycles. The van der Waals surface area contributed by atoms with Gasteiger partial charge in [-0.05, 0) is 11.6 Å². The first-order valence-corrected chi connectivity index (χ1v) is 5.82. The molecule has 0 unspecified atom stereocenters. The Morgan fingerprint density at radius 1 is 1.06 bits per heavy atom. The fourth-order valence-corrected chi connectivity index (χ4v) is 2.11. The number of aldehydes is 1. The van der Waals surface area contributed by atoms with E-state index < -0.39 is 0 Å². The first kappa shape index (κ1) is 10.7. The smallest absolute Gasteiger partial charge is 0.150 e. The number of benzene rings is 2. The molecule has 1 aromatic heterocycles. The molecule has 3 aromatic rings. The minimum Gasteiger partial charge on any atom is -0.298 e. The van der Waals surface area contributed by atoms with Crippen molar-refractivity contribution in [3.05, 3.63) is 65.9 Å². The van der Waals surface area contributed by atoms with Crippen LogP contribution in [0.25, 0.3) is 10.9 Å². The summed E-state index contributed by atoms with van der Waals surface area (Å²) in [6.45, 7) is 0.715. The number of aromatic nitrogens is 2. The highest BCUT2D eigenvalue weighted by Crippen LogP contribution is 2.18. The molecule has 1 heterocycles. The van der Waals surface area contributed by atoms with E-state index in [2.05, 4.69) is 17.2 Å². The predicted molar refractivity (Wildman–Crippen MR) is 70.7 cm³/mol. The number of carbonyl (C=O) groups is 1. The van der Waals surface area contributed by atoms with Crippen molar-refractivity contribution in [3.63, 3.8) is 0 Å². The summed E-state index contributed by atoms with van der Waals surface area (Å²) < 4.78 is 1.91. The standard InChI is InChI=1S/C15H12N2O/c18-11-13-7-4-8-15-14(13)9-16-17(15)10-12-5-2-1-3-6-12/h1-9,11H,10H2. The maximum absolute atomic E-state index is 11.0. The third kappa shape index (κ3) is 1.80. The van der Waals surface area contributed by atoms with Crippen LogP contribution in [0.1, 0.15) is 15.9 Å². The number of hydrogen-bond donors (Lipinski definition) is 0. The van der Waals surface area contributed by atoms with Crippen LogP contribution in [-0.2, 0) is 6.54 Å². The van der Waals surface area contributed by atoms with Gasteiger partial charge in [0, 0.05) is 10.9 Å². The van der Waals surface area contributed by atoms with E-state index in [0.29, 0.717) is 12.1 Å². The van der Waals surface area contributed by atoms with Gasteiger partial charge in [-0.25, -0.2) is 0 Å². The minimum absolute atomic E-state index is 0.687. The van der Waals surface area contributed by atoms with Gasteiger partial charge in [-0.1, -0.05) is 42.5 Å². The maximum atomic E-state index is 11.0. The monoisotopic (exact) mass is 236 g/mol. The fraction of sp³-hybridized carbons (Fsp3) is 0.0667. The lowest BCUT2D eigenvalue weighted by atomic mass is 10.1. The van der Waals surface area contributed by atoms with Crippen molar-refractivity contribution >= 4 is 17.2 Å². The van der Waals surface area contributed by atoms with Crippen molar-refractivity contribution in [2.75, 3.05) is 0 Å². The molecule has 0 saturated carbocycles. The lowest BCUT2D eigenvalue weighted by Gasteiger charge is -2.03. The van der Waals surface area contributed by atoms with E-state index in [-0.39, 0.29) is 0 Å². The summed E-state index contributed by atoms with van der Waals surface area (Å²) in [6.07, 6.45) is 2.62. The van der Waals surface area contributed by atoms with E-state index in [1.807, 2.05) is 41.1 Å². The fourth-order valence-electron chi connectivity index (χ4n) is 2.11. The van der Waals surface area contributed by atoms with E-state index in [4.69, 9.17) is 0 Å². The molecule has 88 valence electrons. The van der Waals surface area contributed by atoms with Crippen LogP contribution < -0.4 is 0 Å². The maximum Gasteiger partial charge on any atom is 0.150 e. The number of nitrogens with zero attached hydrogens (tertiary/aromatic N) is 2. The Bertz CT molecular complexity index is 686. The minimum atomic E-state index is 0.687. The van der Waals surface area contributed by atoms with Crippen LogP contribution in [0.5, 0.6) is 0 Å². The Hall–Kier alpha value is -2.42. The first-order valence-electron chi connectivity index (χ1n) is 5.82. The molecule has 2 aromatic carbocycles. The second-order valence-corrected chi connectivity index (χ2v) is 4.19. The molecule has 3 rings (SSSR count). The Kier molecular flexibility index (Phi) is 2.65. The molecule has 3 nitrogen and oxygen atoms in total. The van der Waals surface area contributed by atoms with Gasteiger partial charge in [-0.2, -0.15) is 5.10 Å². The number of hydrogen-bond acceptors (Lipinski definition) is 2. The van der Waals surface area contributed by atoms with Gasteiger partial charge in [0.2, 0.25) is 0 Å². The van der Waals surface area contributed by atoms with Crippen molar-refractivity contribution in [3.8, 4) is 0 Å². The molecule has 0 radical (unpaired) electrons. The summed E-state index contributed by atoms with van der Waals surface area (Å²) in [5, 5.41) is 5.26. The SMILES string of the molecule is O=Cc1cccc2c1cnn2Cc1ccccc1. The summed E-state index contributed by atoms with van der Waals surface area (Å²) in [6, 6.07) is 15.8. The Labute approximate surface area is 105 Å². The summed E-state index contributed by atoms with van der Waals surface area (Å²) in [5.74, 6) is 0. The number of fused-ring (bicyclic) bond motifs is 1. The Morgan fingerprint density at radius 3 is 2.67 bits per heavy atom. The molecule has 0 aliphatic heterocycles. The van der Waals surface area contributed by atoms with E-state index in [1.54, 1.807) is 6.20 Å². The average molecular weight is 236 g/mol. The molecular weight excluding hydrogens is 224 g/mol. The van der Waals surface area contributed by atoms with Crippen LogP contribution in [-0.4, -0.2) is 16.1 Å². The van der Waals surface area contributed by atoms with Gasteiger partial charge in [0.1, 0.15) is 0 Å². The van der Waals surface area contributed by atoms with Gasteiger partial charge < -0.3 is 0 Å². The molecular formula is C15H12N2O. The van der Waals surface area contributed by atoms with Gasteiger partial charge in [-0.15, -0.1) is 0 Å². The van der Waals surface area contributed by atoms with Crippen molar-refractivity contribution in [2.24, 2.45) is 0 Å². The van der Waals surface area contributed by atoms with Crippen molar-refractivity contribution in [1.29, 1.82) is 0 Å². The molecule has 0 bridgehead atoms.